The van der Waals surface area contributed by atoms with Gasteiger partial charge in [0.05, 0.1) is 42.4 Å². The molecule has 0 spiro atoms. The number of rotatable bonds is 5. The van der Waals surface area contributed by atoms with Crippen LogP contribution in [0.1, 0.15) is 17.0 Å². The summed E-state index contributed by atoms with van der Waals surface area (Å²) < 4.78 is 9.97. The molecule has 1 heterocycles. The van der Waals surface area contributed by atoms with Crippen LogP contribution in [0.5, 0.6) is 0 Å². The van der Waals surface area contributed by atoms with Crippen molar-refractivity contribution < 1.29 is 19.1 Å². The monoisotopic (exact) mass is 482 g/mol. The quantitative estimate of drug-likeness (QED) is 0.487. The summed E-state index contributed by atoms with van der Waals surface area (Å²) in [6.45, 7) is 0. The molecular formula is C23H19ClN4O4S. The molecular weight excluding hydrogens is 464 g/mol. The Morgan fingerprint density at radius 2 is 1.76 bits per heavy atom. The fourth-order valence-corrected chi connectivity index (χ4v) is 4.14. The highest BCUT2D eigenvalue weighted by Gasteiger charge is 2.43. The van der Waals surface area contributed by atoms with Crippen LogP contribution >= 0.6 is 23.8 Å². The average Bonchev–Trinajstić information content (AvgIpc) is 2.82. The number of halogens is 1. The molecule has 0 bridgehead atoms. The fraction of sp³-hybridized carbons (Fsp3) is 0.130. The van der Waals surface area contributed by atoms with Crippen molar-refractivity contribution in [3.05, 3.63) is 87.3 Å². The van der Waals surface area contributed by atoms with Crippen LogP contribution in [-0.2, 0) is 19.1 Å². The lowest BCUT2D eigenvalue weighted by Crippen LogP contribution is -2.40. The number of anilines is 1. The molecule has 0 aromatic heterocycles. The number of carbonyl (C=O) groups excluding carboxylic acids is 2. The Morgan fingerprint density at radius 3 is 2.27 bits per heavy atom. The first kappa shape index (κ1) is 23.8. The third kappa shape index (κ3) is 4.26. The van der Waals surface area contributed by atoms with Crippen molar-refractivity contribution in [1.82, 2.24) is 0 Å². The van der Waals surface area contributed by atoms with E-state index in [1.54, 1.807) is 42.5 Å². The maximum Gasteiger partial charge on any atom is 0.355 e. The SMILES string of the molecule is COC(=O)C1=C(C(=O)OC)N(c2ccc(C(N)=S)c(Cl)c2)C(N)=C(C#N)C1c1ccccc1. The van der Waals surface area contributed by atoms with Crippen LogP contribution in [0.2, 0.25) is 5.02 Å². The van der Waals surface area contributed by atoms with Gasteiger partial charge in [0.15, 0.2) is 0 Å². The highest BCUT2D eigenvalue weighted by Crippen LogP contribution is 2.43. The minimum Gasteiger partial charge on any atom is -0.466 e. The topological polar surface area (TPSA) is 132 Å². The zero-order valence-corrected chi connectivity index (χ0v) is 19.2. The van der Waals surface area contributed by atoms with E-state index in [1.807, 2.05) is 0 Å². The van der Waals surface area contributed by atoms with Crippen LogP contribution in [0.3, 0.4) is 0 Å². The Bertz CT molecular complexity index is 1250. The Labute approximate surface area is 200 Å². The standard InChI is InChI=1S/C23H19ClN4O4S/c1-31-22(29)18-17(12-6-4-3-5-7-12)15(11-25)20(26)28(19(18)23(30)32-2)13-8-9-14(21(27)33)16(24)10-13/h3-10,17H,26H2,1-2H3,(H2,27,33). The van der Waals surface area contributed by atoms with Crippen molar-refractivity contribution in [1.29, 1.82) is 5.26 Å². The van der Waals surface area contributed by atoms with Gasteiger partial charge in [-0.3, -0.25) is 4.90 Å². The highest BCUT2D eigenvalue weighted by atomic mass is 35.5. The molecule has 1 unspecified atom stereocenters. The van der Waals surface area contributed by atoms with E-state index >= 15 is 0 Å². The van der Waals surface area contributed by atoms with Crippen LogP contribution in [0.15, 0.2) is 71.2 Å². The lowest BCUT2D eigenvalue weighted by atomic mass is 9.81. The zero-order valence-electron chi connectivity index (χ0n) is 17.7. The summed E-state index contributed by atoms with van der Waals surface area (Å²) >= 11 is 11.3. The molecule has 10 heteroatoms. The number of ether oxygens (including phenoxy) is 2. The van der Waals surface area contributed by atoms with Gasteiger partial charge < -0.3 is 20.9 Å². The summed E-state index contributed by atoms with van der Waals surface area (Å²) in [5.41, 5.74) is 13.1. The molecule has 0 saturated heterocycles. The number of hydrogen-bond acceptors (Lipinski definition) is 8. The van der Waals surface area contributed by atoms with Gasteiger partial charge in [0.1, 0.15) is 16.5 Å². The number of methoxy groups -OCH3 is 2. The maximum atomic E-state index is 13.0. The molecule has 1 aliphatic heterocycles. The molecule has 0 fully saturated rings. The van der Waals surface area contributed by atoms with E-state index in [0.717, 1.165) is 0 Å². The number of nitrogens with two attached hydrogens (primary N) is 2. The van der Waals surface area contributed by atoms with Crippen LogP contribution in [0.25, 0.3) is 0 Å². The second kappa shape index (κ2) is 9.73. The van der Waals surface area contributed by atoms with E-state index in [4.69, 9.17) is 44.8 Å². The zero-order chi connectivity index (χ0) is 24.3. The normalized spacial score (nSPS) is 15.7. The number of carbonyl (C=O) groups is 2. The lowest BCUT2D eigenvalue weighted by molar-refractivity contribution is -0.139. The minimum absolute atomic E-state index is 0.0452. The summed E-state index contributed by atoms with van der Waals surface area (Å²) in [6, 6.07) is 15.4. The maximum absolute atomic E-state index is 13.0. The van der Waals surface area contributed by atoms with Crippen molar-refractivity contribution in [2.24, 2.45) is 11.5 Å². The first-order valence-electron chi connectivity index (χ1n) is 9.51. The van der Waals surface area contributed by atoms with E-state index in [-0.39, 0.29) is 32.7 Å². The Kier molecular flexibility index (Phi) is 7.01. The van der Waals surface area contributed by atoms with Crippen molar-refractivity contribution in [2.75, 3.05) is 19.1 Å². The molecule has 8 nitrogen and oxygen atoms in total. The number of nitrogens with zero attached hydrogens (tertiary/aromatic N) is 2. The first-order valence-corrected chi connectivity index (χ1v) is 10.3. The van der Waals surface area contributed by atoms with Gasteiger partial charge in [-0.05, 0) is 23.8 Å². The Balaban J connectivity index is 2.40. The van der Waals surface area contributed by atoms with Crippen molar-refractivity contribution in [2.45, 2.75) is 5.92 Å². The molecule has 33 heavy (non-hydrogen) atoms. The molecule has 2 aromatic carbocycles. The van der Waals surface area contributed by atoms with E-state index in [2.05, 4.69) is 6.07 Å². The number of nitriles is 1. The molecule has 4 N–H and O–H groups in total. The molecule has 1 atom stereocenters. The largest absolute Gasteiger partial charge is 0.466 e. The third-order valence-corrected chi connectivity index (χ3v) is 5.62. The van der Waals surface area contributed by atoms with E-state index in [1.165, 1.54) is 25.2 Å². The van der Waals surface area contributed by atoms with Crippen LogP contribution < -0.4 is 16.4 Å². The van der Waals surface area contributed by atoms with E-state index in [9.17, 15) is 14.9 Å². The predicted octanol–water partition coefficient (Wildman–Crippen LogP) is 2.87. The predicted molar refractivity (Wildman–Crippen MR) is 127 cm³/mol. The molecule has 0 amide bonds. The van der Waals surface area contributed by atoms with Gasteiger partial charge in [0.2, 0.25) is 0 Å². The average molecular weight is 483 g/mol. The second-order valence-electron chi connectivity index (χ2n) is 6.86. The minimum atomic E-state index is -0.958. The third-order valence-electron chi connectivity index (χ3n) is 5.09. The lowest BCUT2D eigenvalue weighted by Gasteiger charge is -2.36. The molecule has 0 aliphatic carbocycles. The summed E-state index contributed by atoms with van der Waals surface area (Å²) in [4.78, 5) is 27.3. The van der Waals surface area contributed by atoms with Gasteiger partial charge in [-0.15, -0.1) is 0 Å². The van der Waals surface area contributed by atoms with Gasteiger partial charge >= 0.3 is 11.9 Å². The van der Waals surface area contributed by atoms with Crippen LogP contribution in [0, 0.1) is 11.3 Å². The smallest absolute Gasteiger partial charge is 0.355 e. The fourth-order valence-electron chi connectivity index (χ4n) is 3.62. The summed E-state index contributed by atoms with van der Waals surface area (Å²) in [7, 11) is 2.35. The number of benzene rings is 2. The van der Waals surface area contributed by atoms with Crippen molar-refractivity contribution in [3.8, 4) is 6.07 Å². The van der Waals surface area contributed by atoms with Crippen molar-refractivity contribution in [3.63, 3.8) is 0 Å². The van der Waals surface area contributed by atoms with Gasteiger partial charge in [-0.1, -0.05) is 54.2 Å². The molecule has 168 valence electrons. The second-order valence-corrected chi connectivity index (χ2v) is 7.71. The van der Waals surface area contributed by atoms with Gasteiger partial charge in [0.25, 0.3) is 0 Å². The highest BCUT2D eigenvalue weighted by molar-refractivity contribution is 7.80. The molecule has 1 aliphatic rings. The number of thiocarbonyl (C=S) groups is 1. The van der Waals surface area contributed by atoms with Crippen LogP contribution in [0.4, 0.5) is 5.69 Å². The summed E-state index contributed by atoms with van der Waals surface area (Å²) in [6.07, 6.45) is 0. The Morgan fingerprint density at radius 1 is 1.12 bits per heavy atom. The molecule has 0 saturated carbocycles. The van der Waals surface area contributed by atoms with Gasteiger partial charge in [-0.2, -0.15) is 5.26 Å². The summed E-state index contributed by atoms with van der Waals surface area (Å²) in [5, 5.41) is 10.2. The number of allylic oxidation sites excluding steroid dienone is 1. The molecule has 0 radical (unpaired) electrons. The van der Waals surface area contributed by atoms with E-state index < -0.39 is 17.9 Å². The van der Waals surface area contributed by atoms with E-state index in [0.29, 0.717) is 16.8 Å². The van der Waals surface area contributed by atoms with Crippen molar-refractivity contribution >= 4 is 46.4 Å². The first-order chi connectivity index (χ1) is 15.8. The molecule has 2 aromatic rings. The summed E-state index contributed by atoms with van der Waals surface area (Å²) in [5.74, 6) is -2.70. The number of hydrogen-bond donors (Lipinski definition) is 2. The van der Waals surface area contributed by atoms with Gasteiger partial charge in [-0.25, -0.2) is 9.59 Å². The number of esters is 2. The Hall–Kier alpha value is -3.87. The van der Waals surface area contributed by atoms with Crippen LogP contribution in [-0.4, -0.2) is 31.1 Å². The molecule has 3 rings (SSSR count). The van der Waals surface area contributed by atoms with Gasteiger partial charge in [0, 0.05) is 11.3 Å².